The fourth-order valence-electron chi connectivity index (χ4n) is 2.84. The largest absolute Gasteiger partial charge is 0.377 e. The molecule has 25 heavy (non-hydrogen) atoms. The third-order valence-electron chi connectivity index (χ3n) is 3.91. The highest BCUT2D eigenvalue weighted by molar-refractivity contribution is 7.20. The second-order valence-corrected chi connectivity index (χ2v) is 6.65. The molecule has 0 radical (unpaired) electrons. The first-order valence-corrected chi connectivity index (χ1v) is 9.37. The molecular weight excluding hydrogens is 328 g/mol. The molecule has 4 heteroatoms. The fraction of sp³-hybridized carbons (Fsp3) is 0.190. The third kappa shape index (κ3) is 3.59. The molecule has 0 aliphatic heterocycles. The van der Waals surface area contributed by atoms with E-state index in [4.69, 9.17) is 0 Å². The lowest BCUT2D eigenvalue weighted by Gasteiger charge is -2.16. The Morgan fingerprint density at radius 1 is 0.720 bits per heavy atom. The highest BCUT2D eigenvalue weighted by Gasteiger charge is 2.19. The minimum atomic E-state index is 0.0584. The molecule has 0 spiro atoms. The number of nitrogens with one attached hydrogen (secondary N) is 2. The van der Waals surface area contributed by atoms with E-state index in [2.05, 4.69) is 10.6 Å². The first-order chi connectivity index (χ1) is 12.3. The average molecular weight is 350 g/mol. The Balaban J connectivity index is 2.32. The molecule has 1 aromatic heterocycles. The summed E-state index contributed by atoms with van der Waals surface area (Å²) >= 11 is 1.61. The van der Waals surface area contributed by atoms with Gasteiger partial charge in [-0.15, -0.1) is 0 Å². The van der Waals surface area contributed by atoms with Crippen LogP contribution in [0.2, 0.25) is 0 Å². The highest BCUT2D eigenvalue weighted by Crippen LogP contribution is 2.38. The van der Waals surface area contributed by atoms with Gasteiger partial charge in [-0.2, -0.15) is 0 Å². The van der Waals surface area contributed by atoms with Gasteiger partial charge in [-0.05, 0) is 25.0 Å². The van der Waals surface area contributed by atoms with E-state index in [1.54, 1.807) is 11.3 Å². The van der Waals surface area contributed by atoms with E-state index in [0.717, 1.165) is 45.3 Å². The molecule has 3 aromatic rings. The Morgan fingerprint density at radius 3 is 1.48 bits per heavy atom. The molecule has 0 saturated carbocycles. The van der Waals surface area contributed by atoms with Gasteiger partial charge in [0.15, 0.2) is 5.43 Å². The summed E-state index contributed by atoms with van der Waals surface area (Å²) < 4.78 is 0. The molecular formula is C21H22N2OS. The maximum Gasteiger partial charge on any atom is 0.200 e. The van der Waals surface area contributed by atoms with Crippen molar-refractivity contribution in [3.05, 3.63) is 70.9 Å². The molecule has 1 heterocycles. The minimum Gasteiger partial charge on any atom is -0.377 e. The Labute approximate surface area is 152 Å². The molecule has 2 aromatic carbocycles. The van der Waals surface area contributed by atoms with Crippen LogP contribution in [-0.4, -0.2) is 13.1 Å². The first kappa shape index (κ1) is 17.2. The maximum absolute atomic E-state index is 13.5. The normalized spacial score (nSPS) is 10.5. The molecule has 2 N–H and O–H groups in total. The quantitative estimate of drug-likeness (QED) is 0.633. The van der Waals surface area contributed by atoms with Crippen LogP contribution in [0.3, 0.4) is 0 Å². The first-order valence-electron chi connectivity index (χ1n) is 8.56. The molecule has 0 atom stereocenters. The minimum absolute atomic E-state index is 0.0584. The monoisotopic (exact) mass is 350 g/mol. The van der Waals surface area contributed by atoms with Gasteiger partial charge >= 0.3 is 0 Å². The lowest BCUT2D eigenvalue weighted by Crippen LogP contribution is -2.14. The number of anilines is 2. The molecule has 128 valence electrons. The van der Waals surface area contributed by atoms with Crippen molar-refractivity contribution in [3.63, 3.8) is 0 Å². The molecule has 0 amide bonds. The van der Waals surface area contributed by atoms with E-state index in [9.17, 15) is 4.79 Å². The van der Waals surface area contributed by atoms with Crippen LogP contribution in [0.25, 0.3) is 22.3 Å². The van der Waals surface area contributed by atoms with Crippen LogP contribution in [0.4, 0.5) is 10.0 Å². The van der Waals surface area contributed by atoms with Crippen LogP contribution >= 0.6 is 11.3 Å². The number of hydrogen-bond acceptors (Lipinski definition) is 4. The molecule has 0 unspecified atom stereocenters. The van der Waals surface area contributed by atoms with Gasteiger partial charge in [-0.3, -0.25) is 4.79 Å². The molecule has 0 fully saturated rings. The summed E-state index contributed by atoms with van der Waals surface area (Å²) in [6.07, 6.45) is 0. The van der Waals surface area contributed by atoms with Crippen LogP contribution in [0, 0.1) is 0 Å². The Kier molecular flexibility index (Phi) is 5.51. The van der Waals surface area contributed by atoms with Crippen molar-refractivity contribution in [1.82, 2.24) is 0 Å². The van der Waals surface area contributed by atoms with Crippen molar-refractivity contribution >= 4 is 21.3 Å². The summed E-state index contributed by atoms with van der Waals surface area (Å²) in [7, 11) is 0. The predicted octanol–water partition coefficient (Wildman–Crippen LogP) is 5.31. The van der Waals surface area contributed by atoms with Crippen molar-refractivity contribution in [2.24, 2.45) is 0 Å². The van der Waals surface area contributed by atoms with E-state index < -0.39 is 0 Å². The zero-order valence-corrected chi connectivity index (χ0v) is 15.3. The van der Waals surface area contributed by atoms with E-state index in [0.29, 0.717) is 0 Å². The molecule has 0 bridgehead atoms. The second-order valence-electron chi connectivity index (χ2n) is 5.63. The summed E-state index contributed by atoms with van der Waals surface area (Å²) in [4.78, 5) is 13.5. The smallest absolute Gasteiger partial charge is 0.200 e. The molecule has 3 nitrogen and oxygen atoms in total. The average Bonchev–Trinajstić information content (AvgIpc) is 2.64. The Morgan fingerprint density at radius 2 is 1.12 bits per heavy atom. The van der Waals surface area contributed by atoms with Crippen LogP contribution in [0.5, 0.6) is 0 Å². The molecule has 0 aliphatic carbocycles. The van der Waals surface area contributed by atoms with Crippen LogP contribution in [-0.2, 0) is 0 Å². The van der Waals surface area contributed by atoms with Gasteiger partial charge in [0.2, 0.25) is 0 Å². The maximum atomic E-state index is 13.5. The lowest BCUT2D eigenvalue weighted by molar-refractivity contribution is 1.22. The Bertz CT molecular complexity index is 818. The zero-order chi connectivity index (χ0) is 17.6. The van der Waals surface area contributed by atoms with Gasteiger partial charge in [0.05, 0.1) is 11.1 Å². The van der Waals surface area contributed by atoms with Crippen LogP contribution in [0.1, 0.15) is 13.8 Å². The standard InChI is InChI=1S/C21H22N2OS/c1-3-22-20-17(15-11-7-5-8-12-15)19(24)18(21(25-20)23-4-2)16-13-9-6-10-14-16/h5-14,22-23H,3-4H2,1-2H3. The van der Waals surface area contributed by atoms with E-state index in [1.807, 2.05) is 74.5 Å². The van der Waals surface area contributed by atoms with Crippen LogP contribution < -0.4 is 16.1 Å². The van der Waals surface area contributed by atoms with E-state index in [1.165, 1.54) is 0 Å². The third-order valence-corrected chi connectivity index (χ3v) is 5.02. The van der Waals surface area contributed by atoms with Crippen molar-refractivity contribution < 1.29 is 0 Å². The zero-order valence-electron chi connectivity index (χ0n) is 14.5. The number of hydrogen-bond donors (Lipinski definition) is 2. The summed E-state index contributed by atoms with van der Waals surface area (Å²) in [6, 6.07) is 19.8. The van der Waals surface area contributed by atoms with Crippen molar-refractivity contribution in [2.75, 3.05) is 23.7 Å². The van der Waals surface area contributed by atoms with Crippen LogP contribution in [0.15, 0.2) is 65.5 Å². The SMILES string of the molecule is CCNc1sc(NCC)c(-c2ccccc2)c(=O)c1-c1ccccc1. The van der Waals surface area contributed by atoms with Gasteiger partial charge in [-0.25, -0.2) is 0 Å². The van der Waals surface area contributed by atoms with Gasteiger partial charge in [0.1, 0.15) is 10.0 Å². The summed E-state index contributed by atoms with van der Waals surface area (Å²) in [5.41, 5.74) is 3.43. The highest BCUT2D eigenvalue weighted by atomic mass is 32.1. The van der Waals surface area contributed by atoms with Gasteiger partial charge in [0.25, 0.3) is 0 Å². The lowest BCUT2D eigenvalue weighted by atomic mass is 10.0. The second kappa shape index (κ2) is 7.99. The molecule has 3 rings (SSSR count). The Hall–Kier alpha value is -2.59. The summed E-state index contributed by atoms with van der Waals surface area (Å²) in [5.74, 6) is 0. The predicted molar refractivity (Wildman–Crippen MR) is 110 cm³/mol. The van der Waals surface area contributed by atoms with Gasteiger partial charge < -0.3 is 10.6 Å². The van der Waals surface area contributed by atoms with E-state index >= 15 is 0 Å². The van der Waals surface area contributed by atoms with Crippen molar-refractivity contribution in [3.8, 4) is 22.3 Å². The van der Waals surface area contributed by atoms with Gasteiger partial charge in [0, 0.05) is 13.1 Å². The summed E-state index contributed by atoms with van der Waals surface area (Å²) in [5, 5.41) is 8.57. The number of rotatable bonds is 6. The molecule has 0 aliphatic rings. The van der Waals surface area contributed by atoms with Gasteiger partial charge in [-0.1, -0.05) is 72.0 Å². The number of benzene rings is 2. The van der Waals surface area contributed by atoms with Crippen molar-refractivity contribution in [2.45, 2.75) is 13.8 Å². The summed E-state index contributed by atoms with van der Waals surface area (Å²) in [6.45, 7) is 5.63. The van der Waals surface area contributed by atoms with Crippen molar-refractivity contribution in [1.29, 1.82) is 0 Å². The molecule has 0 saturated heterocycles. The van der Waals surface area contributed by atoms with E-state index in [-0.39, 0.29) is 5.43 Å². The topological polar surface area (TPSA) is 41.1 Å². The fourth-order valence-corrected chi connectivity index (χ4v) is 4.10.